The molecule has 0 saturated carbocycles. The van der Waals surface area contributed by atoms with Crippen LogP contribution in [-0.4, -0.2) is 18.2 Å². The Morgan fingerprint density at radius 3 is 2.43 bits per heavy atom. The lowest BCUT2D eigenvalue weighted by atomic mass is 10.1. The van der Waals surface area contributed by atoms with Gasteiger partial charge in [-0.3, -0.25) is 0 Å². The molecule has 0 aliphatic rings. The van der Waals surface area contributed by atoms with Crippen molar-refractivity contribution in [2.45, 2.75) is 4.46 Å². The van der Waals surface area contributed by atoms with Crippen LogP contribution in [0.4, 0.5) is 5.69 Å². The zero-order valence-electron chi connectivity index (χ0n) is 11.1. The first-order valence-corrected chi connectivity index (χ1v) is 6.83. The first-order chi connectivity index (χ1) is 9.95. The number of nitrogens with one attached hydrogen (secondary N) is 1. The Morgan fingerprint density at radius 1 is 1.14 bits per heavy atom. The van der Waals surface area contributed by atoms with Gasteiger partial charge in [0.25, 0.3) is 0 Å². The van der Waals surface area contributed by atoms with Crippen LogP contribution in [0.25, 0.3) is 0 Å². The maximum atomic E-state index is 11.7. The summed E-state index contributed by atoms with van der Waals surface area (Å²) >= 11 is 12.5. The van der Waals surface area contributed by atoms with E-state index in [0.717, 1.165) is 0 Å². The van der Waals surface area contributed by atoms with Crippen LogP contribution in [0.3, 0.4) is 0 Å². The summed E-state index contributed by atoms with van der Waals surface area (Å²) in [6, 6.07) is 13.1. The van der Waals surface area contributed by atoms with Gasteiger partial charge in [0.15, 0.2) is 0 Å². The Hall–Kier alpha value is -1.91. The SMILES string of the molecule is COC(=O)c1ccccc1NC(Cl)(Cl)c1ccccc1O. The van der Waals surface area contributed by atoms with Crippen LogP contribution in [0.1, 0.15) is 15.9 Å². The number of rotatable bonds is 4. The number of methoxy groups -OCH3 is 1. The van der Waals surface area contributed by atoms with Crippen molar-refractivity contribution in [3.05, 3.63) is 59.7 Å². The van der Waals surface area contributed by atoms with Crippen LogP contribution < -0.4 is 5.32 Å². The first-order valence-electron chi connectivity index (χ1n) is 6.07. The number of ether oxygens (including phenoxy) is 1. The van der Waals surface area contributed by atoms with Crippen LogP contribution >= 0.6 is 23.2 Å². The Kier molecular flexibility index (Phi) is 4.60. The number of phenols is 1. The van der Waals surface area contributed by atoms with Crippen molar-refractivity contribution in [2.75, 3.05) is 12.4 Å². The molecule has 0 fully saturated rings. The van der Waals surface area contributed by atoms with Crippen LogP contribution in [0.2, 0.25) is 0 Å². The number of anilines is 1. The number of para-hydroxylation sites is 2. The number of aromatic hydroxyl groups is 1. The predicted molar refractivity (Wildman–Crippen MR) is 82.9 cm³/mol. The lowest BCUT2D eigenvalue weighted by Gasteiger charge is -2.24. The van der Waals surface area contributed by atoms with Gasteiger partial charge < -0.3 is 15.2 Å². The van der Waals surface area contributed by atoms with Gasteiger partial charge in [-0.25, -0.2) is 4.79 Å². The van der Waals surface area contributed by atoms with Crippen LogP contribution in [0, 0.1) is 0 Å². The van der Waals surface area contributed by atoms with Gasteiger partial charge in [0.1, 0.15) is 5.75 Å². The minimum atomic E-state index is -1.60. The maximum Gasteiger partial charge on any atom is 0.339 e. The summed E-state index contributed by atoms with van der Waals surface area (Å²) in [5.74, 6) is -0.565. The molecule has 0 atom stereocenters. The van der Waals surface area contributed by atoms with E-state index >= 15 is 0 Å². The number of carbonyl (C=O) groups is 1. The molecule has 0 heterocycles. The third kappa shape index (κ3) is 3.40. The Labute approximate surface area is 132 Å². The van der Waals surface area contributed by atoms with E-state index in [-0.39, 0.29) is 11.3 Å². The molecule has 6 heteroatoms. The molecule has 0 aliphatic carbocycles. The number of benzene rings is 2. The normalized spacial score (nSPS) is 11.0. The standard InChI is InChI=1S/C15H13Cl2NO3/c1-21-14(20)10-6-2-4-8-12(10)18-15(16,17)11-7-3-5-9-13(11)19/h2-9,18-19H,1H3. The Bertz CT molecular complexity index is 659. The van der Waals surface area contributed by atoms with Crippen molar-refractivity contribution < 1.29 is 14.6 Å². The molecule has 4 nitrogen and oxygen atoms in total. The van der Waals surface area contributed by atoms with E-state index < -0.39 is 10.4 Å². The molecule has 0 aliphatic heterocycles. The van der Waals surface area contributed by atoms with E-state index in [1.807, 2.05) is 0 Å². The topological polar surface area (TPSA) is 58.6 Å². The van der Waals surface area contributed by atoms with Crippen molar-refractivity contribution >= 4 is 34.9 Å². The molecule has 2 aromatic carbocycles. The molecule has 0 radical (unpaired) electrons. The molecule has 2 N–H and O–H groups in total. The van der Waals surface area contributed by atoms with Gasteiger partial charge in [-0.1, -0.05) is 53.5 Å². The average molecular weight is 326 g/mol. The quantitative estimate of drug-likeness (QED) is 0.509. The molecule has 2 aromatic rings. The van der Waals surface area contributed by atoms with E-state index in [9.17, 15) is 9.90 Å². The van der Waals surface area contributed by atoms with E-state index in [4.69, 9.17) is 27.9 Å². The van der Waals surface area contributed by atoms with Crippen molar-refractivity contribution in [3.8, 4) is 5.75 Å². The summed E-state index contributed by atoms with van der Waals surface area (Å²) in [5.41, 5.74) is 0.978. The summed E-state index contributed by atoms with van der Waals surface area (Å²) in [5, 5.41) is 12.7. The third-order valence-corrected chi connectivity index (χ3v) is 3.46. The number of alkyl halides is 2. The number of esters is 1. The van der Waals surface area contributed by atoms with Crippen LogP contribution in [0.15, 0.2) is 48.5 Å². The van der Waals surface area contributed by atoms with E-state index in [1.54, 1.807) is 42.5 Å². The van der Waals surface area contributed by atoms with E-state index in [2.05, 4.69) is 5.32 Å². The molecule has 2 rings (SSSR count). The number of halogens is 2. The minimum absolute atomic E-state index is 0.0504. The molecule has 21 heavy (non-hydrogen) atoms. The second kappa shape index (κ2) is 6.24. The summed E-state index contributed by atoms with van der Waals surface area (Å²) in [4.78, 5) is 11.7. The maximum absolute atomic E-state index is 11.7. The van der Waals surface area contributed by atoms with Gasteiger partial charge in [-0.2, -0.15) is 0 Å². The minimum Gasteiger partial charge on any atom is -0.507 e. The van der Waals surface area contributed by atoms with Crippen molar-refractivity contribution in [1.82, 2.24) is 0 Å². The van der Waals surface area contributed by atoms with Gasteiger partial charge in [0.2, 0.25) is 4.46 Å². The second-order valence-corrected chi connectivity index (χ2v) is 5.58. The molecule has 0 bridgehead atoms. The Morgan fingerprint density at radius 2 is 1.76 bits per heavy atom. The lowest BCUT2D eigenvalue weighted by Crippen LogP contribution is -2.23. The van der Waals surface area contributed by atoms with Crippen LogP contribution in [-0.2, 0) is 9.19 Å². The first kappa shape index (κ1) is 15.5. The van der Waals surface area contributed by atoms with Crippen LogP contribution in [0.5, 0.6) is 5.75 Å². The third-order valence-electron chi connectivity index (χ3n) is 2.87. The molecule has 0 spiro atoms. The molecular formula is C15H13Cl2NO3. The monoisotopic (exact) mass is 325 g/mol. The number of hydrogen-bond acceptors (Lipinski definition) is 4. The van der Waals surface area contributed by atoms with E-state index in [1.165, 1.54) is 13.2 Å². The summed E-state index contributed by atoms with van der Waals surface area (Å²) in [6.07, 6.45) is 0. The summed E-state index contributed by atoms with van der Waals surface area (Å²) in [7, 11) is 1.29. The molecule has 110 valence electrons. The van der Waals surface area contributed by atoms with Gasteiger partial charge in [-0.05, 0) is 18.2 Å². The highest BCUT2D eigenvalue weighted by Gasteiger charge is 2.30. The van der Waals surface area contributed by atoms with Gasteiger partial charge >= 0.3 is 5.97 Å². The highest BCUT2D eigenvalue weighted by atomic mass is 35.5. The number of phenolic OH excluding ortho intramolecular Hbond substituents is 1. The summed E-state index contributed by atoms with van der Waals surface area (Å²) in [6.45, 7) is 0. The highest BCUT2D eigenvalue weighted by molar-refractivity contribution is 6.49. The van der Waals surface area contributed by atoms with Crippen molar-refractivity contribution in [2.24, 2.45) is 0 Å². The zero-order valence-corrected chi connectivity index (χ0v) is 12.7. The second-order valence-electron chi connectivity index (χ2n) is 4.25. The summed E-state index contributed by atoms with van der Waals surface area (Å²) < 4.78 is 3.10. The van der Waals surface area contributed by atoms with Gasteiger partial charge in [-0.15, -0.1) is 0 Å². The molecular weight excluding hydrogens is 313 g/mol. The fourth-order valence-corrected chi connectivity index (χ4v) is 2.38. The van der Waals surface area contributed by atoms with Gasteiger partial charge in [0, 0.05) is 5.56 Å². The van der Waals surface area contributed by atoms with Gasteiger partial charge in [0.05, 0.1) is 18.4 Å². The molecule has 0 aromatic heterocycles. The smallest absolute Gasteiger partial charge is 0.339 e. The number of carbonyl (C=O) groups excluding carboxylic acids is 1. The average Bonchev–Trinajstić information content (AvgIpc) is 2.47. The molecule has 0 amide bonds. The Balaban J connectivity index is 2.38. The highest BCUT2D eigenvalue weighted by Crippen LogP contribution is 2.40. The van der Waals surface area contributed by atoms with E-state index in [0.29, 0.717) is 11.3 Å². The van der Waals surface area contributed by atoms with Crippen molar-refractivity contribution in [3.63, 3.8) is 0 Å². The predicted octanol–water partition coefficient (Wildman–Crippen LogP) is 3.88. The largest absolute Gasteiger partial charge is 0.507 e. The fraction of sp³-hybridized carbons (Fsp3) is 0.133. The number of hydrogen-bond donors (Lipinski definition) is 2. The molecule has 0 saturated heterocycles. The van der Waals surface area contributed by atoms with Crippen molar-refractivity contribution in [1.29, 1.82) is 0 Å². The fourth-order valence-electron chi connectivity index (χ4n) is 1.86. The zero-order chi connectivity index (χ0) is 15.5. The molecule has 0 unspecified atom stereocenters. The lowest BCUT2D eigenvalue weighted by molar-refractivity contribution is 0.0602.